The Morgan fingerprint density at radius 3 is 2.42 bits per heavy atom. The lowest BCUT2D eigenvalue weighted by molar-refractivity contribution is 0.102. The number of amides is 1. The molecule has 0 saturated heterocycles. The van der Waals surface area contributed by atoms with E-state index in [0.29, 0.717) is 11.5 Å². The Hall–Kier alpha value is -3.40. The molecule has 0 fully saturated rings. The van der Waals surface area contributed by atoms with Crippen molar-refractivity contribution in [2.45, 2.75) is 44.6 Å². The molecule has 2 N–H and O–H groups in total. The zero-order valence-corrected chi connectivity index (χ0v) is 19.2. The molecule has 0 bridgehead atoms. The van der Waals surface area contributed by atoms with Crippen molar-refractivity contribution in [3.63, 3.8) is 0 Å². The van der Waals surface area contributed by atoms with Crippen molar-refractivity contribution in [1.29, 1.82) is 0 Å². The summed E-state index contributed by atoms with van der Waals surface area (Å²) in [6, 6.07) is 20.8. The normalized spacial score (nSPS) is 21.2. The van der Waals surface area contributed by atoms with E-state index in [1.54, 1.807) is 0 Å². The van der Waals surface area contributed by atoms with Crippen LogP contribution in [0.25, 0.3) is 0 Å². The molecule has 3 nitrogen and oxygen atoms in total. The summed E-state index contributed by atoms with van der Waals surface area (Å²) in [5.41, 5.74) is 6.04. The van der Waals surface area contributed by atoms with Gasteiger partial charge < -0.3 is 10.6 Å². The third-order valence-electron chi connectivity index (χ3n) is 6.86. The second kappa shape index (κ2) is 8.18. The van der Waals surface area contributed by atoms with E-state index in [2.05, 4.69) is 49.6 Å². The van der Waals surface area contributed by atoms with Crippen LogP contribution in [-0.2, 0) is 5.41 Å². The Kier molecular flexibility index (Phi) is 5.32. The average Bonchev–Trinajstić information content (AvgIpc) is 3.29. The summed E-state index contributed by atoms with van der Waals surface area (Å²) in [4.78, 5) is 12.9. The number of fused-ring (bicyclic) bond motifs is 3. The van der Waals surface area contributed by atoms with Crippen LogP contribution < -0.4 is 10.6 Å². The SMILES string of the molecule is CC(C)(C)c1ccc(C(=O)Nc2ccc3c(c2)C2C=CCC2C(c2ccc(F)cc2)N3)cc1. The molecule has 2 aliphatic rings. The van der Waals surface area contributed by atoms with E-state index < -0.39 is 0 Å². The van der Waals surface area contributed by atoms with Gasteiger partial charge in [-0.3, -0.25) is 4.79 Å². The van der Waals surface area contributed by atoms with Gasteiger partial charge in [-0.05, 0) is 76.9 Å². The van der Waals surface area contributed by atoms with Gasteiger partial charge in [0.1, 0.15) is 5.82 Å². The van der Waals surface area contributed by atoms with Crippen molar-refractivity contribution in [1.82, 2.24) is 0 Å². The molecule has 1 heterocycles. The summed E-state index contributed by atoms with van der Waals surface area (Å²) < 4.78 is 13.4. The highest BCUT2D eigenvalue weighted by Crippen LogP contribution is 2.50. The van der Waals surface area contributed by atoms with Crippen molar-refractivity contribution in [2.75, 3.05) is 10.6 Å². The van der Waals surface area contributed by atoms with E-state index in [9.17, 15) is 9.18 Å². The first-order valence-corrected chi connectivity index (χ1v) is 11.5. The molecule has 0 saturated carbocycles. The van der Waals surface area contributed by atoms with E-state index in [1.165, 1.54) is 23.3 Å². The molecule has 3 unspecified atom stereocenters. The summed E-state index contributed by atoms with van der Waals surface area (Å²) >= 11 is 0. The number of benzene rings is 3. The van der Waals surface area contributed by atoms with Crippen molar-refractivity contribution in [3.05, 3.63) is 107 Å². The van der Waals surface area contributed by atoms with E-state index in [-0.39, 0.29) is 29.1 Å². The molecule has 33 heavy (non-hydrogen) atoms. The summed E-state index contributed by atoms with van der Waals surface area (Å²) in [7, 11) is 0. The van der Waals surface area contributed by atoms with Gasteiger partial charge in [0.2, 0.25) is 0 Å². The highest BCUT2D eigenvalue weighted by molar-refractivity contribution is 6.04. The molecule has 0 aromatic heterocycles. The maximum atomic E-state index is 13.4. The predicted molar refractivity (Wildman–Crippen MR) is 132 cm³/mol. The molecule has 4 heteroatoms. The highest BCUT2D eigenvalue weighted by atomic mass is 19.1. The molecule has 0 spiro atoms. The number of hydrogen-bond donors (Lipinski definition) is 2. The molecule has 3 atom stereocenters. The van der Waals surface area contributed by atoms with Gasteiger partial charge in [0.15, 0.2) is 0 Å². The highest BCUT2D eigenvalue weighted by Gasteiger charge is 2.38. The van der Waals surface area contributed by atoms with Crippen molar-refractivity contribution >= 4 is 17.3 Å². The Bertz CT molecular complexity index is 1210. The molecular formula is C29H29FN2O. The molecule has 1 aliphatic carbocycles. The fourth-order valence-electron chi connectivity index (χ4n) is 5.00. The lowest BCUT2D eigenvalue weighted by Crippen LogP contribution is -2.29. The lowest BCUT2D eigenvalue weighted by Gasteiger charge is -2.37. The summed E-state index contributed by atoms with van der Waals surface area (Å²) in [6.45, 7) is 6.48. The monoisotopic (exact) mass is 440 g/mol. The Balaban J connectivity index is 1.38. The van der Waals surface area contributed by atoms with Crippen LogP contribution in [0.2, 0.25) is 0 Å². The fourth-order valence-corrected chi connectivity index (χ4v) is 5.00. The Morgan fingerprint density at radius 1 is 1.00 bits per heavy atom. The number of hydrogen-bond acceptors (Lipinski definition) is 2. The molecular weight excluding hydrogens is 411 g/mol. The first-order valence-electron chi connectivity index (χ1n) is 11.5. The molecule has 3 aromatic carbocycles. The smallest absolute Gasteiger partial charge is 0.255 e. The molecule has 3 aromatic rings. The van der Waals surface area contributed by atoms with E-state index in [0.717, 1.165) is 23.4 Å². The molecule has 168 valence electrons. The lowest BCUT2D eigenvalue weighted by atomic mass is 9.77. The molecule has 0 radical (unpaired) electrons. The first kappa shape index (κ1) is 21.4. The van der Waals surface area contributed by atoms with Gasteiger partial charge in [-0.15, -0.1) is 0 Å². The van der Waals surface area contributed by atoms with Gasteiger partial charge >= 0.3 is 0 Å². The number of allylic oxidation sites excluding steroid dienone is 2. The van der Waals surface area contributed by atoms with Crippen LogP contribution in [-0.4, -0.2) is 5.91 Å². The number of anilines is 2. The number of halogens is 1. The van der Waals surface area contributed by atoms with E-state index in [4.69, 9.17) is 0 Å². The van der Waals surface area contributed by atoms with Gasteiger partial charge in [-0.1, -0.05) is 57.2 Å². The van der Waals surface area contributed by atoms with Gasteiger partial charge in [-0.25, -0.2) is 4.39 Å². The Labute approximate surface area is 194 Å². The second-order valence-corrected chi connectivity index (χ2v) is 10.1. The van der Waals surface area contributed by atoms with Gasteiger partial charge in [-0.2, -0.15) is 0 Å². The average molecular weight is 441 g/mol. The maximum Gasteiger partial charge on any atom is 0.255 e. The number of carbonyl (C=O) groups excluding carboxylic acids is 1. The van der Waals surface area contributed by atoms with Crippen LogP contribution in [0.5, 0.6) is 0 Å². The molecule has 5 rings (SSSR count). The van der Waals surface area contributed by atoms with Crippen molar-refractivity contribution < 1.29 is 9.18 Å². The fraction of sp³-hybridized carbons (Fsp3) is 0.276. The molecule has 1 aliphatic heterocycles. The van der Waals surface area contributed by atoms with Crippen LogP contribution in [0.1, 0.15) is 66.2 Å². The van der Waals surface area contributed by atoms with Gasteiger partial charge in [0.25, 0.3) is 5.91 Å². The third-order valence-corrected chi connectivity index (χ3v) is 6.86. The zero-order valence-electron chi connectivity index (χ0n) is 19.2. The quantitative estimate of drug-likeness (QED) is 0.423. The minimum absolute atomic E-state index is 0.0532. The zero-order chi connectivity index (χ0) is 23.2. The van der Waals surface area contributed by atoms with Crippen molar-refractivity contribution in [2.24, 2.45) is 5.92 Å². The number of rotatable bonds is 3. The minimum atomic E-state index is -0.218. The topological polar surface area (TPSA) is 41.1 Å². The largest absolute Gasteiger partial charge is 0.378 e. The number of nitrogens with one attached hydrogen (secondary N) is 2. The van der Waals surface area contributed by atoms with Gasteiger partial charge in [0.05, 0.1) is 6.04 Å². The maximum absolute atomic E-state index is 13.4. The van der Waals surface area contributed by atoms with Crippen LogP contribution in [0.4, 0.5) is 15.8 Å². The standard InChI is InChI=1S/C29H29FN2O/c1-29(2,3)20-11-7-19(8-12-20)28(33)31-22-15-16-26-25(17-22)23-5-4-6-24(23)27(32-26)18-9-13-21(30)14-10-18/h4-5,7-17,23-24,27,32H,6H2,1-3H3,(H,31,33). The van der Waals surface area contributed by atoms with Crippen LogP contribution in [0, 0.1) is 11.7 Å². The minimum Gasteiger partial charge on any atom is -0.378 e. The van der Waals surface area contributed by atoms with Gasteiger partial charge in [0, 0.05) is 22.9 Å². The van der Waals surface area contributed by atoms with E-state index in [1.807, 2.05) is 48.5 Å². The summed E-state index contributed by atoms with van der Waals surface area (Å²) in [5.74, 6) is 0.296. The summed E-state index contributed by atoms with van der Waals surface area (Å²) in [5, 5.41) is 6.72. The third kappa shape index (κ3) is 4.18. The number of carbonyl (C=O) groups is 1. The molecule has 1 amide bonds. The van der Waals surface area contributed by atoms with Crippen molar-refractivity contribution in [3.8, 4) is 0 Å². The first-order chi connectivity index (χ1) is 15.8. The van der Waals surface area contributed by atoms with Crippen LogP contribution >= 0.6 is 0 Å². The second-order valence-electron chi connectivity index (χ2n) is 10.1. The summed E-state index contributed by atoms with van der Waals surface area (Å²) in [6.07, 6.45) is 5.46. The van der Waals surface area contributed by atoms with Crippen LogP contribution in [0.3, 0.4) is 0 Å². The predicted octanol–water partition coefficient (Wildman–Crippen LogP) is 7.20. The van der Waals surface area contributed by atoms with Crippen LogP contribution in [0.15, 0.2) is 78.9 Å². The Morgan fingerprint density at radius 2 is 1.73 bits per heavy atom. The van der Waals surface area contributed by atoms with E-state index >= 15 is 0 Å².